The molecular formula is C12H21NO7S2. The second-order valence-electron chi connectivity index (χ2n) is 4.68. The van der Waals surface area contributed by atoms with Crippen LogP contribution >= 0.6 is 11.8 Å². The second kappa shape index (κ2) is 9.11. The zero-order valence-corrected chi connectivity index (χ0v) is 14.6. The first kappa shape index (κ1) is 20.9. The summed E-state index contributed by atoms with van der Waals surface area (Å²) in [7, 11) is -3.59. The Hall–Kier alpha value is -1.13. The normalized spacial score (nSPS) is 14.4. The van der Waals surface area contributed by atoms with Crippen LogP contribution in [0.4, 0.5) is 0 Å². The van der Waals surface area contributed by atoms with Crippen LogP contribution in [0.15, 0.2) is 0 Å². The number of carboxylic acid groups (broad SMARTS) is 1. The zero-order chi connectivity index (χ0) is 17.5. The summed E-state index contributed by atoms with van der Waals surface area (Å²) >= 11 is 0.932. The highest BCUT2D eigenvalue weighted by Crippen LogP contribution is 2.12. The van der Waals surface area contributed by atoms with Crippen molar-refractivity contribution in [1.82, 2.24) is 4.31 Å². The van der Waals surface area contributed by atoms with Gasteiger partial charge in [-0.05, 0) is 0 Å². The van der Waals surface area contributed by atoms with Gasteiger partial charge in [-0.15, -0.1) is 0 Å². The number of carboxylic acids is 1. The van der Waals surface area contributed by atoms with Gasteiger partial charge < -0.3 is 9.84 Å². The lowest BCUT2D eigenvalue weighted by Crippen LogP contribution is -2.43. The summed E-state index contributed by atoms with van der Waals surface area (Å²) in [4.78, 5) is 33.8. The van der Waals surface area contributed by atoms with Gasteiger partial charge in [-0.1, -0.05) is 25.6 Å². The minimum atomic E-state index is -3.59. The Morgan fingerprint density at radius 2 is 1.86 bits per heavy atom. The van der Waals surface area contributed by atoms with Crippen molar-refractivity contribution in [2.75, 3.05) is 25.1 Å². The minimum Gasteiger partial charge on any atom is -0.478 e. The largest absolute Gasteiger partial charge is 0.478 e. The maximum Gasteiger partial charge on any atom is 0.346 e. The van der Waals surface area contributed by atoms with Gasteiger partial charge in [0.2, 0.25) is 16.1 Å². The molecule has 8 nitrogen and oxygen atoms in total. The molecule has 2 atom stereocenters. The van der Waals surface area contributed by atoms with E-state index in [1.807, 2.05) is 0 Å². The molecule has 0 aliphatic rings. The average molecular weight is 355 g/mol. The van der Waals surface area contributed by atoms with Crippen molar-refractivity contribution in [3.8, 4) is 0 Å². The number of sulfonamides is 1. The molecular weight excluding hydrogens is 334 g/mol. The third-order valence-corrected chi connectivity index (χ3v) is 5.08. The van der Waals surface area contributed by atoms with E-state index in [4.69, 9.17) is 9.84 Å². The molecule has 22 heavy (non-hydrogen) atoms. The molecule has 0 heterocycles. The Morgan fingerprint density at radius 3 is 2.23 bits per heavy atom. The lowest BCUT2D eigenvalue weighted by Gasteiger charge is -2.23. The van der Waals surface area contributed by atoms with Crippen molar-refractivity contribution in [1.29, 1.82) is 0 Å². The third kappa shape index (κ3) is 7.76. The van der Waals surface area contributed by atoms with Crippen molar-refractivity contribution >= 4 is 38.8 Å². The van der Waals surface area contributed by atoms with Gasteiger partial charge in [-0.2, -0.15) is 4.31 Å². The van der Waals surface area contributed by atoms with Crippen LogP contribution in [0.5, 0.6) is 0 Å². The van der Waals surface area contributed by atoms with Crippen molar-refractivity contribution < 1.29 is 32.6 Å². The molecule has 128 valence electrons. The van der Waals surface area contributed by atoms with Crippen molar-refractivity contribution in [3.05, 3.63) is 0 Å². The maximum atomic E-state index is 11.8. The number of esters is 1. The van der Waals surface area contributed by atoms with Crippen molar-refractivity contribution in [2.45, 2.75) is 26.9 Å². The number of hydrogen-bond donors (Lipinski definition) is 1. The van der Waals surface area contributed by atoms with Crippen LogP contribution < -0.4 is 0 Å². The SMILES string of the molecule is CCN(CC(OC(=O)[C@H](C)CSC(C)=O)C(=O)O)S(C)(=O)=O. The lowest BCUT2D eigenvalue weighted by atomic mass is 10.2. The van der Waals surface area contributed by atoms with Gasteiger partial charge in [0.05, 0.1) is 18.7 Å². The molecule has 0 saturated heterocycles. The highest BCUT2D eigenvalue weighted by atomic mass is 32.2. The molecule has 0 fully saturated rings. The standard InChI is InChI=1S/C12H21NO7S2/c1-5-13(22(4,18)19)6-10(11(15)16)20-12(17)8(2)7-21-9(3)14/h8,10H,5-7H2,1-4H3,(H,15,16)/t8-,10?/m1/s1. The Labute approximate surface area is 134 Å². The van der Waals surface area contributed by atoms with E-state index < -0.39 is 40.5 Å². The second-order valence-corrected chi connectivity index (χ2v) is 7.86. The molecule has 0 aliphatic heterocycles. The fraction of sp³-hybridized carbons (Fsp3) is 0.750. The summed E-state index contributed by atoms with van der Waals surface area (Å²) < 4.78 is 28.7. The van der Waals surface area contributed by atoms with Gasteiger partial charge in [0, 0.05) is 19.2 Å². The van der Waals surface area contributed by atoms with Crippen LogP contribution in [0, 0.1) is 5.92 Å². The highest BCUT2D eigenvalue weighted by molar-refractivity contribution is 8.13. The van der Waals surface area contributed by atoms with E-state index >= 15 is 0 Å². The van der Waals surface area contributed by atoms with Crippen LogP contribution in [0.2, 0.25) is 0 Å². The van der Waals surface area contributed by atoms with Gasteiger partial charge in [-0.3, -0.25) is 9.59 Å². The molecule has 1 N–H and O–H groups in total. The molecule has 0 aromatic carbocycles. The maximum absolute atomic E-state index is 11.8. The number of nitrogens with zero attached hydrogens (tertiary/aromatic N) is 1. The summed E-state index contributed by atoms with van der Waals surface area (Å²) in [5.41, 5.74) is 0. The number of thioether (sulfide) groups is 1. The molecule has 0 saturated carbocycles. The van der Waals surface area contributed by atoms with E-state index in [9.17, 15) is 22.8 Å². The smallest absolute Gasteiger partial charge is 0.346 e. The molecule has 0 aromatic rings. The molecule has 0 radical (unpaired) electrons. The number of aliphatic carboxylic acids is 1. The first-order chi connectivity index (χ1) is 9.98. The van der Waals surface area contributed by atoms with E-state index in [1.165, 1.54) is 13.8 Å². The topological polar surface area (TPSA) is 118 Å². The summed E-state index contributed by atoms with van der Waals surface area (Å²) in [5, 5.41) is 8.91. The van der Waals surface area contributed by atoms with Gasteiger partial charge in [0.15, 0.2) is 5.12 Å². The minimum absolute atomic E-state index is 0.0654. The fourth-order valence-corrected chi connectivity index (χ4v) is 2.91. The van der Waals surface area contributed by atoms with Gasteiger partial charge in [0.1, 0.15) is 0 Å². The zero-order valence-electron chi connectivity index (χ0n) is 12.9. The Kier molecular flexibility index (Phi) is 8.64. The monoisotopic (exact) mass is 355 g/mol. The van der Waals surface area contributed by atoms with Gasteiger partial charge in [-0.25, -0.2) is 13.2 Å². The highest BCUT2D eigenvalue weighted by Gasteiger charge is 2.30. The third-order valence-electron chi connectivity index (χ3n) is 2.66. The van der Waals surface area contributed by atoms with Crippen molar-refractivity contribution in [2.24, 2.45) is 5.92 Å². The molecule has 0 amide bonds. The van der Waals surface area contributed by atoms with Crippen LogP contribution in [-0.4, -0.2) is 66.1 Å². The number of carbonyl (C=O) groups excluding carboxylic acids is 2. The molecule has 10 heteroatoms. The van der Waals surface area contributed by atoms with Crippen LogP contribution in [0.3, 0.4) is 0 Å². The lowest BCUT2D eigenvalue weighted by molar-refractivity contribution is -0.166. The Bertz CT molecular complexity index is 518. The summed E-state index contributed by atoms with van der Waals surface area (Å²) in [6.07, 6.45) is -0.643. The number of ether oxygens (including phenoxy) is 1. The van der Waals surface area contributed by atoms with E-state index in [-0.39, 0.29) is 17.4 Å². The van der Waals surface area contributed by atoms with E-state index in [1.54, 1.807) is 6.92 Å². The fourth-order valence-electron chi connectivity index (χ4n) is 1.42. The molecule has 1 unspecified atom stereocenters. The number of hydrogen-bond acceptors (Lipinski definition) is 7. The van der Waals surface area contributed by atoms with Crippen LogP contribution in [0.25, 0.3) is 0 Å². The quantitative estimate of drug-likeness (QED) is 0.582. The molecule has 0 spiro atoms. The Morgan fingerprint density at radius 1 is 1.32 bits per heavy atom. The van der Waals surface area contributed by atoms with Gasteiger partial charge in [0.25, 0.3) is 0 Å². The van der Waals surface area contributed by atoms with Gasteiger partial charge >= 0.3 is 11.9 Å². The van der Waals surface area contributed by atoms with Crippen molar-refractivity contribution in [3.63, 3.8) is 0 Å². The van der Waals surface area contributed by atoms with Crippen LogP contribution in [0.1, 0.15) is 20.8 Å². The predicted octanol–water partition coefficient (Wildman–Crippen LogP) is 0.180. The summed E-state index contributed by atoms with van der Waals surface area (Å²) in [5.74, 6) is -2.72. The van der Waals surface area contributed by atoms with E-state index in [2.05, 4.69) is 0 Å². The molecule has 0 aliphatic carbocycles. The van der Waals surface area contributed by atoms with E-state index in [0.717, 1.165) is 22.3 Å². The first-order valence-corrected chi connectivity index (χ1v) is 9.34. The summed E-state index contributed by atoms with van der Waals surface area (Å²) in [6, 6.07) is 0. The number of carbonyl (C=O) groups is 3. The van der Waals surface area contributed by atoms with Crippen LogP contribution in [-0.2, 0) is 29.1 Å². The van der Waals surface area contributed by atoms with E-state index in [0.29, 0.717) is 0 Å². The Balaban J connectivity index is 4.81. The molecule has 0 aromatic heterocycles. The first-order valence-electron chi connectivity index (χ1n) is 6.50. The predicted molar refractivity (Wildman–Crippen MR) is 81.9 cm³/mol. The summed E-state index contributed by atoms with van der Waals surface area (Å²) in [6.45, 7) is 4.02. The average Bonchev–Trinajstić information content (AvgIpc) is 2.38. The number of rotatable bonds is 9. The number of likely N-dealkylation sites (N-methyl/N-ethyl adjacent to an activating group) is 1. The molecule has 0 bridgehead atoms. The molecule has 0 rings (SSSR count).